The molecule has 0 amide bonds. The van der Waals surface area contributed by atoms with Gasteiger partial charge in [0.1, 0.15) is 52.3 Å². The fraction of sp³-hybridized carbons (Fsp3) is 0.143. The van der Waals surface area contributed by atoms with Crippen LogP contribution >= 0.6 is 0 Å². The molecule has 0 atom stereocenters. The number of rotatable bonds is 4. The van der Waals surface area contributed by atoms with Crippen LogP contribution in [0.4, 0.5) is 35.1 Å². The first-order valence-corrected chi connectivity index (χ1v) is 10.5. The number of hydrogen-bond donors (Lipinski definition) is 0. The van der Waals surface area contributed by atoms with E-state index in [0.29, 0.717) is 12.1 Å². The summed E-state index contributed by atoms with van der Waals surface area (Å²) in [7, 11) is 1.11. The molecule has 0 aliphatic rings. The molecule has 1 nitrogen and oxygen atoms in total. The lowest BCUT2D eigenvalue weighted by Gasteiger charge is -2.20. The summed E-state index contributed by atoms with van der Waals surface area (Å²) in [4.78, 5) is 0. The molecule has 0 bridgehead atoms. The molecule has 0 saturated carbocycles. The third kappa shape index (κ3) is 3.90. The molecule has 3 rings (SSSR count). The lowest BCUT2D eigenvalue weighted by Crippen LogP contribution is -2.59. The highest BCUT2D eigenvalue weighted by atomic mass is 27.2. The molecular weight excluding hydrogens is 447 g/mol. The zero-order chi connectivity index (χ0) is 23.2. The van der Waals surface area contributed by atoms with E-state index < -0.39 is 85.1 Å². The summed E-state index contributed by atoms with van der Waals surface area (Å²) >= 11 is -4.31. The van der Waals surface area contributed by atoms with E-state index in [1.165, 1.54) is 0 Å². The highest BCUT2D eigenvalue weighted by Crippen LogP contribution is 2.20. The summed E-state index contributed by atoms with van der Waals surface area (Å²) in [6, 6.07) is 1.88. The minimum atomic E-state index is -4.31. The quantitative estimate of drug-likeness (QED) is 0.424. The van der Waals surface area contributed by atoms with E-state index in [9.17, 15) is 35.1 Å². The molecule has 0 unspecified atom stereocenters. The number of hydrogen-bond acceptors (Lipinski definition) is 1. The Balaban J connectivity index is 2.51. The van der Waals surface area contributed by atoms with E-state index in [4.69, 9.17) is 4.74 Å². The van der Waals surface area contributed by atoms with E-state index in [-0.39, 0.29) is 17.9 Å². The van der Waals surface area contributed by atoms with Gasteiger partial charge in [-0.3, -0.25) is 0 Å². The zero-order valence-corrected chi connectivity index (χ0v) is 17.5. The summed E-state index contributed by atoms with van der Waals surface area (Å²) in [6.07, 6.45) is 0. The molecule has 0 radical (unpaired) electrons. The van der Waals surface area contributed by atoms with Gasteiger partial charge < -0.3 is 4.74 Å². The van der Waals surface area contributed by atoms with Crippen molar-refractivity contribution >= 4 is 27.4 Å². The Labute approximate surface area is 176 Å². The molecule has 3 aromatic rings. The molecule has 0 saturated heterocycles. The molecule has 0 aromatic heterocycles. The predicted octanol–water partition coefficient (Wildman–Crippen LogP) is 3.94. The van der Waals surface area contributed by atoms with E-state index in [0.717, 1.165) is 21.0 Å². The lowest BCUT2D eigenvalue weighted by molar-refractivity contribution is 0.407. The number of benzene rings is 3. The Morgan fingerprint density at radius 1 is 0.548 bits per heavy atom. The van der Waals surface area contributed by atoms with Crippen LogP contribution < -0.4 is 18.0 Å². The summed E-state index contributed by atoms with van der Waals surface area (Å²) in [5.74, 6) is -11.9. The molecule has 31 heavy (non-hydrogen) atoms. The van der Waals surface area contributed by atoms with Gasteiger partial charge in [0.15, 0.2) is 0 Å². The Bertz CT molecular complexity index is 1110. The second-order valence-corrected chi connectivity index (χ2v) is 9.42. The van der Waals surface area contributed by atoms with Gasteiger partial charge in [0, 0.05) is 35.4 Å². The first-order valence-electron chi connectivity index (χ1n) is 8.80. The fourth-order valence-corrected chi connectivity index (χ4v) is 6.58. The van der Waals surface area contributed by atoms with Crippen molar-refractivity contribution in [3.63, 3.8) is 0 Å². The molecule has 0 aliphatic heterocycles. The Kier molecular flexibility index (Phi) is 6.35. The van der Waals surface area contributed by atoms with Crippen LogP contribution in [0.2, 0.25) is 0 Å². The summed E-state index contributed by atoms with van der Waals surface area (Å²) < 4.78 is 118. The van der Waals surface area contributed by atoms with Gasteiger partial charge >= 0.3 is 14.1 Å². The molecule has 3 aromatic carbocycles. The third-order valence-corrected chi connectivity index (χ3v) is 8.37. The topological polar surface area (TPSA) is 9.23 Å². The number of halogens is 8. The van der Waals surface area contributed by atoms with Gasteiger partial charge in [-0.25, -0.2) is 35.1 Å². The van der Waals surface area contributed by atoms with Crippen molar-refractivity contribution in [1.82, 2.24) is 0 Å². The molecule has 162 valence electrons. The smallest absolute Gasteiger partial charge is 0.411 e. The summed E-state index contributed by atoms with van der Waals surface area (Å²) in [5, 5.41) is 0. The summed E-state index contributed by atoms with van der Waals surface area (Å²) in [5.41, 5.74) is -1.41. The van der Waals surface area contributed by atoms with Crippen LogP contribution in [0.25, 0.3) is 0 Å². The van der Waals surface area contributed by atoms with Crippen molar-refractivity contribution in [2.24, 2.45) is 0 Å². The first-order chi connectivity index (χ1) is 14.5. The van der Waals surface area contributed by atoms with Crippen LogP contribution in [-0.4, -0.2) is 21.3 Å². The van der Waals surface area contributed by atoms with Crippen molar-refractivity contribution in [1.29, 1.82) is 0 Å². The monoisotopic (exact) mass is 460 g/mol. The normalized spacial score (nSPS) is 11.1. The Hall–Kier alpha value is -2.57. The third-order valence-electron chi connectivity index (χ3n) is 5.02. The molecular formula is C21H13AlF8O. The Morgan fingerprint density at radius 3 is 1.26 bits per heavy atom. The van der Waals surface area contributed by atoms with E-state index in [1.54, 1.807) is 0 Å². The van der Waals surface area contributed by atoms with Crippen molar-refractivity contribution in [3.8, 4) is 5.75 Å². The summed E-state index contributed by atoms with van der Waals surface area (Å²) in [6.45, 7) is 1.87. The molecule has 0 aliphatic carbocycles. The van der Waals surface area contributed by atoms with Crippen LogP contribution in [0.3, 0.4) is 0 Å². The predicted molar refractivity (Wildman–Crippen MR) is 99.7 cm³/mol. The first kappa shape index (κ1) is 23.1. The van der Waals surface area contributed by atoms with E-state index in [2.05, 4.69) is 0 Å². The van der Waals surface area contributed by atoms with Crippen LogP contribution in [-0.2, 0) is 0 Å². The van der Waals surface area contributed by atoms with Crippen LogP contribution in [0.1, 0.15) is 11.1 Å². The average Bonchev–Trinajstić information content (AvgIpc) is 2.69. The Morgan fingerprint density at radius 2 is 0.903 bits per heavy atom. The largest absolute Gasteiger partial charge is 0.497 e. The lowest BCUT2D eigenvalue weighted by atomic mass is 10.2. The van der Waals surface area contributed by atoms with E-state index in [1.807, 2.05) is 0 Å². The maximum absolute atomic E-state index is 15.0. The van der Waals surface area contributed by atoms with Crippen molar-refractivity contribution in [3.05, 3.63) is 81.9 Å². The second-order valence-electron chi connectivity index (χ2n) is 6.82. The van der Waals surface area contributed by atoms with Crippen LogP contribution in [0.5, 0.6) is 5.75 Å². The number of methoxy groups -OCH3 is 1. The van der Waals surface area contributed by atoms with Gasteiger partial charge in [-0.1, -0.05) is 0 Å². The van der Waals surface area contributed by atoms with Crippen LogP contribution in [0.15, 0.2) is 24.3 Å². The zero-order valence-electron chi connectivity index (χ0n) is 16.3. The van der Waals surface area contributed by atoms with Gasteiger partial charge in [0.2, 0.25) is 0 Å². The highest BCUT2D eigenvalue weighted by Gasteiger charge is 2.41. The SMILES string of the molecule is COc1cc(F)[c]([Al]([c]2c(F)cc(F)c(C)c2F)[c]2c(F)cc(F)c(C)c2F)c(F)c1. The minimum Gasteiger partial charge on any atom is -0.497 e. The van der Waals surface area contributed by atoms with Gasteiger partial charge in [-0.15, -0.1) is 0 Å². The second kappa shape index (κ2) is 8.52. The standard InChI is InChI=1S/2C7H4F3.C7H5F2O.Al/c2*1-4-6(9)2-5(8)3-7(4)10;1-10-7-3-5(8)2-6(9)4-7;/h2*2H,1H3;3-4H,1H3;. The molecule has 0 N–H and O–H groups in total. The molecule has 0 heterocycles. The number of ether oxygens (including phenoxy) is 1. The fourth-order valence-electron chi connectivity index (χ4n) is 3.33. The van der Waals surface area contributed by atoms with Crippen molar-refractivity contribution in [2.75, 3.05) is 7.11 Å². The molecule has 0 fully saturated rings. The van der Waals surface area contributed by atoms with Gasteiger partial charge in [-0.05, 0) is 27.1 Å². The van der Waals surface area contributed by atoms with Crippen molar-refractivity contribution in [2.45, 2.75) is 13.8 Å². The molecule has 10 heteroatoms. The minimum absolute atomic E-state index is 0.263. The van der Waals surface area contributed by atoms with Gasteiger partial charge in [-0.2, -0.15) is 0 Å². The molecule has 0 spiro atoms. The maximum Gasteiger partial charge on any atom is 0.411 e. The maximum atomic E-state index is 15.0. The average molecular weight is 460 g/mol. The highest BCUT2D eigenvalue weighted by molar-refractivity contribution is 6.95. The van der Waals surface area contributed by atoms with Gasteiger partial charge in [0.25, 0.3) is 0 Å². The van der Waals surface area contributed by atoms with Gasteiger partial charge in [0.05, 0.1) is 7.11 Å². The van der Waals surface area contributed by atoms with E-state index >= 15 is 0 Å². The van der Waals surface area contributed by atoms with Crippen LogP contribution in [0, 0.1) is 60.4 Å². The van der Waals surface area contributed by atoms with Crippen molar-refractivity contribution < 1.29 is 39.9 Å².